The molecule has 0 saturated carbocycles. The van der Waals surface area contributed by atoms with Crippen molar-refractivity contribution in [3.63, 3.8) is 0 Å². The van der Waals surface area contributed by atoms with Gasteiger partial charge in [0.1, 0.15) is 0 Å². The fourth-order valence-electron chi connectivity index (χ4n) is 1.26. The molecule has 0 spiro atoms. The first-order valence-corrected chi connectivity index (χ1v) is 7.60. The zero-order valence-corrected chi connectivity index (χ0v) is 12.6. The zero-order chi connectivity index (χ0) is 14.9. The van der Waals surface area contributed by atoms with Crippen LogP contribution in [0.25, 0.3) is 0 Å². The van der Waals surface area contributed by atoms with E-state index in [1.807, 2.05) is 0 Å². The molecule has 1 heterocycles. The van der Waals surface area contributed by atoms with Gasteiger partial charge in [-0.3, -0.25) is 4.72 Å². The SMILES string of the molecule is O=S(=O)(Nc1nc(Cl)ncc1O)c1ccc(Cl)c(Cl)c1. The quantitative estimate of drug-likeness (QED) is 0.827. The minimum Gasteiger partial charge on any atom is -0.503 e. The molecule has 10 heteroatoms. The molecule has 0 bridgehead atoms. The molecule has 0 radical (unpaired) electrons. The Bertz CT molecular complexity index is 768. The molecule has 0 aliphatic rings. The van der Waals surface area contributed by atoms with Crippen molar-refractivity contribution < 1.29 is 13.5 Å². The first kappa shape index (κ1) is 15.1. The number of nitrogens with zero attached hydrogens (tertiary/aromatic N) is 2. The molecule has 2 aromatic rings. The van der Waals surface area contributed by atoms with Crippen LogP contribution in [0.1, 0.15) is 0 Å². The molecule has 0 fully saturated rings. The van der Waals surface area contributed by atoms with Crippen molar-refractivity contribution in [3.8, 4) is 5.75 Å². The van der Waals surface area contributed by atoms with E-state index in [0.29, 0.717) is 0 Å². The maximum absolute atomic E-state index is 12.1. The summed E-state index contributed by atoms with van der Waals surface area (Å²) in [7, 11) is -3.99. The molecule has 1 aromatic carbocycles. The number of hydrogen-bond acceptors (Lipinski definition) is 5. The highest BCUT2D eigenvalue weighted by Gasteiger charge is 2.18. The minimum atomic E-state index is -3.99. The van der Waals surface area contributed by atoms with Gasteiger partial charge in [-0.2, -0.15) is 4.98 Å². The van der Waals surface area contributed by atoms with Crippen LogP contribution in [0.2, 0.25) is 15.3 Å². The molecule has 0 saturated heterocycles. The normalized spacial score (nSPS) is 11.3. The lowest BCUT2D eigenvalue weighted by molar-refractivity contribution is 0.472. The second-order valence-electron chi connectivity index (χ2n) is 3.55. The van der Waals surface area contributed by atoms with Gasteiger partial charge in [0.15, 0.2) is 11.6 Å². The molecule has 106 valence electrons. The smallest absolute Gasteiger partial charge is 0.263 e. The maximum Gasteiger partial charge on any atom is 0.263 e. The Balaban J connectivity index is 2.40. The second-order valence-corrected chi connectivity index (χ2v) is 6.39. The predicted octanol–water partition coefficient (Wildman–Crippen LogP) is 2.94. The highest BCUT2D eigenvalue weighted by atomic mass is 35.5. The van der Waals surface area contributed by atoms with Crippen molar-refractivity contribution in [2.75, 3.05) is 4.72 Å². The van der Waals surface area contributed by atoms with E-state index in [0.717, 1.165) is 6.20 Å². The van der Waals surface area contributed by atoms with Crippen molar-refractivity contribution in [1.29, 1.82) is 0 Å². The van der Waals surface area contributed by atoms with Crippen LogP contribution in [0.3, 0.4) is 0 Å². The topological polar surface area (TPSA) is 92.2 Å². The summed E-state index contributed by atoms with van der Waals surface area (Å²) < 4.78 is 26.3. The third-order valence-corrected chi connectivity index (χ3v) is 4.43. The molecule has 0 unspecified atom stereocenters. The van der Waals surface area contributed by atoms with Gasteiger partial charge in [-0.15, -0.1) is 0 Å². The number of aromatic hydroxyl groups is 1. The standard InChI is InChI=1S/C10H6Cl3N3O3S/c11-6-2-1-5(3-7(6)12)20(18,19)16-9-8(17)4-14-10(13)15-9/h1-4,17H,(H,14,15,16). The van der Waals surface area contributed by atoms with Gasteiger partial charge in [-0.1, -0.05) is 23.2 Å². The summed E-state index contributed by atoms with van der Waals surface area (Å²) in [5.41, 5.74) is 0. The van der Waals surface area contributed by atoms with Gasteiger partial charge < -0.3 is 5.11 Å². The van der Waals surface area contributed by atoms with Gasteiger partial charge in [0.2, 0.25) is 5.28 Å². The van der Waals surface area contributed by atoms with Crippen molar-refractivity contribution in [2.45, 2.75) is 4.90 Å². The molecular formula is C10H6Cl3N3O3S. The third-order valence-electron chi connectivity index (χ3n) is 2.17. The molecular weight excluding hydrogens is 349 g/mol. The summed E-state index contributed by atoms with van der Waals surface area (Å²) in [6.45, 7) is 0. The number of nitrogens with one attached hydrogen (secondary N) is 1. The number of aromatic nitrogens is 2. The van der Waals surface area contributed by atoms with Crippen molar-refractivity contribution >= 4 is 50.6 Å². The molecule has 2 rings (SSSR count). The van der Waals surface area contributed by atoms with E-state index in [1.54, 1.807) is 0 Å². The number of anilines is 1. The van der Waals surface area contributed by atoms with Gasteiger partial charge in [0, 0.05) is 0 Å². The largest absolute Gasteiger partial charge is 0.503 e. The summed E-state index contributed by atoms with van der Waals surface area (Å²) >= 11 is 17.0. The van der Waals surface area contributed by atoms with Crippen molar-refractivity contribution in [3.05, 3.63) is 39.7 Å². The molecule has 0 atom stereocenters. The summed E-state index contributed by atoms with van der Waals surface area (Å²) in [5, 5.41) is 9.58. The highest BCUT2D eigenvalue weighted by Crippen LogP contribution is 2.27. The number of sulfonamides is 1. The summed E-state index contributed by atoms with van der Waals surface area (Å²) in [4.78, 5) is 6.94. The van der Waals surface area contributed by atoms with Gasteiger partial charge in [-0.25, -0.2) is 13.4 Å². The molecule has 2 N–H and O–H groups in total. The number of benzene rings is 1. The Labute approximate surface area is 129 Å². The average molecular weight is 355 g/mol. The van der Waals surface area contributed by atoms with E-state index in [1.165, 1.54) is 18.2 Å². The van der Waals surface area contributed by atoms with Crippen LogP contribution in [0.4, 0.5) is 5.82 Å². The van der Waals surface area contributed by atoms with Crippen LogP contribution in [0.5, 0.6) is 5.75 Å². The number of halogens is 3. The molecule has 1 aromatic heterocycles. The third kappa shape index (κ3) is 3.24. The number of hydrogen-bond donors (Lipinski definition) is 2. The van der Waals surface area contributed by atoms with Gasteiger partial charge in [-0.05, 0) is 29.8 Å². The summed E-state index contributed by atoms with van der Waals surface area (Å²) in [6.07, 6.45) is 0.974. The van der Waals surface area contributed by atoms with Crippen LogP contribution < -0.4 is 4.72 Å². The first-order valence-electron chi connectivity index (χ1n) is 4.99. The van der Waals surface area contributed by atoms with E-state index >= 15 is 0 Å². The predicted molar refractivity (Wildman–Crippen MR) is 76.0 cm³/mol. The van der Waals surface area contributed by atoms with Gasteiger partial charge >= 0.3 is 0 Å². The molecule has 0 aliphatic heterocycles. The summed E-state index contributed by atoms with van der Waals surface area (Å²) in [6, 6.07) is 3.77. The lowest BCUT2D eigenvalue weighted by Crippen LogP contribution is -2.14. The highest BCUT2D eigenvalue weighted by molar-refractivity contribution is 7.92. The maximum atomic E-state index is 12.1. The van der Waals surface area contributed by atoms with Gasteiger partial charge in [0.25, 0.3) is 10.0 Å². The fraction of sp³-hybridized carbons (Fsp3) is 0. The molecule has 0 aliphatic carbocycles. The monoisotopic (exact) mass is 353 g/mol. The van der Waals surface area contributed by atoms with E-state index in [2.05, 4.69) is 14.7 Å². The van der Waals surface area contributed by atoms with Gasteiger partial charge in [0.05, 0.1) is 21.1 Å². The Morgan fingerprint density at radius 3 is 2.50 bits per heavy atom. The van der Waals surface area contributed by atoms with Crippen LogP contribution in [0.15, 0.2) is 29.3 Å². The van der Waals surface area contributed by atoms with Crippen molar-refractivity contribution in [1.82, 2.24) is 9.97 Å². The lowest BCUT2D eigenvalue weighted by Gasteiger charge is -2.09. The van der Waals surface area contributed by atoms with E-state index in [-0.39, 0.29) is 26.0 Å². The Hall–Kier alpha value is -1.28. The van der Waals surface area contributed by atoms with Crippen LogP contribution in [-0.2, 0) is 10.0 Å². The molecule has 6 nitrogen and oxygen atoms in total. The van der Waals surface area contributed by atoms with Crippen LogP contribution >= 0.6 is 34.8 Å². The van der Waals surface area contributed by atoms with Crippen LogP contribution in [0, 0.1) is 0 Å². The van der Waals surface area contributed by atoms with E-state index < -0.39 is 15.8 Å². The molecule has 20 heavy (non-hydrogen) atoms. The Morgan fingerprint density at radius 1 is 1.15 bits per heavy atom. The van der Waals surface area contributed by atoms with Crippen molar-refractivity contribution in [2.24, 2.45) is 0 Å². The number of rotatable bonds is 3. The van der Waals surface area contributed by atoms with Crippen LogP contribution in [-0.4, -0.2) is 23.5 Å². The molecule has 0 amide bonds. The van der Waals surface area contributed by atoms with E-state index in [9.17, 15) is 13.5 Å². The Morgan fingerprint density at radius 2 is 1.85 bits per heavy atom. The zero-order valence-electron chi connectivity index (χ0n) is 9.51. The minimum absolute atomic E-state index is 0.0829. The average Bonchev–Trinajstić information content (AvgIpc) is 2.36. The Kier molecular flexibility index (Phi) is 4.24. The fourth-order valence-corrected chi connectivity index (χ4v) is 2.80. The second kappa shape index (κ2) is 5.61. The first-order chi connectivity index (χ1) is 9.29. The van der Waals surface area contributed by atoms with E-state index in [4.69, 9.17) is 34.8 Å². The summed E-state index contributed by atoms with van der Waals surface area (Å²) in [5.74, 6) is -0.797. The lowest BCUT2D eigenvalue weighted by atomic mass is 10.4.